The Bertz CT molecular complexity index is 305. The lowest BCUT2D eigenvalue weighted by Gasteiger charge is -2.06. The molecule has 0 amide bonds. The van der Waals surface area contributed by atoms with Crippen LogP contribution in [0.15, 0.2) is 6.20 Å². The molecule has 0 radical (unpaired) electrons. The van der Waals surface area contributed by atoms with Crippen LogP contribution in [0.2, 0.25) is 0 Å². The van der Waals surface area contributed by atoms with Crippen molar-refractivity contribution in [1.29, 1.82) is 0 Å². The van der Waals surface area contributed by atoms with E-state index in [0.29, 0.717) is 12.5 Å². The topological polar surface area (TPSA) is 51.8 Å². The minimum atomic E-state index is 0.565. The summed E-state index contributed by atoms with van der Waals surface area (Å²) < 4.78 is 0. The van der Waals surface area contributed by atoms with Crippen LogP contribution in [0.3, 0.4) is 0 Å². The number of aromatic nitrogens is 2. The first-order valence-electron chi connectivity index (χ1n) is 4.90. The Labute approximate surface area is 78.4 Å². The van der Waals surface area contributed by atoms with E-state index < -0.39 is 0 Å². The van der Waals surface area contributed by atoms with E-state index in [1.54, 1.807) is 0 Å². The minimum Gasteiger partial charge on any atom is -0.326 e. The summed E-state index contributed by atoms with van der Waals surface area (Å²) in [7, 11) is 0. The molecule has 1 aromatic rings. The summed E-state index contributed by atoms with van der Waals surface area (Å²) in [4.78, 5) is 8.78. The lowest BCUT2D eigenvalue weighted by atomic mass is 10.1. The van der Waals surface area contributed by atoms with Crippen molar-refractivity contribution in [2.45, 2.75) is 38.6 Å². The van der Waals surface area contributed by atoms with Gasteiger partial charge in [-0.2, -0.15) is 0 Å². The van der Waals surface area contributed by atoms with Gasteiger partial charge in [-0.05, 0) is 12.8 Å². The Balaban J connectivity index is 2.35. The van der Waals surface area contributed by atoms with Crippen molar-refractivity contribution in [3.63, 3.8) is 0 Å². The van der Waals surface area contributed by atoms with Gasteiger partial charge in [-0.25, -0.2) is 9.97 Å². The molecule has 1 heterocycles. The molecule has 0 atom stereocenters. The van der Waals surface area contributed by atoms with E-state index in [9.17, 15) is 0 Å². The van der Waals surface area contributed by atoms with Crippen molar-refractivity contribution in [2.75, 3.05) is 0 Å². The van der Waals surface area contributed by atoms with Crippen LogP contribution in [0, 0.1) is 0 Å². The number of nitrogens with two attached hydrogens (primary N) is 1. The number of rotatable bonds is 3. The summed E-state index contributed by atoms with van der Waals surface area (Å²) in [5.74, 6) is 1.62. The van der Waals surface area contributed by atoms with Gasteiger partial charge in [-0.1, -0.05) is 6.92 Å². The highest BCUT2D eigenvalue weighted by molar-refractivity contribution is 5.25. The van der Waals surface area contributed by atoms with Crippen LogP contribution in [-0.2, 0) is 13.0 Å². The smallest absolute Gasteiger partial charge is 0.128 e. The van der Waals surface area contributed by atoms with Gasteiger partial charge in [-0.3, -0.25) is 0 Å². The van der Waals surface area contributed by atoms with Crippen molar-refractivity contribution >= 4 is 0 Å². The molecule has 0 bridgehead atoms. The molecule has 2 rings (SSSR count). The summed E-state index contributed by atoms with van der Waals surface area (Å²) >= 11 is 0. The first-order valence-corrected chi connectivity index (χ1v) is 4.90. The predicted octanol–water partition coefficient (Wildman–Crippen LogP) is 1.38. The summed E-state index contributed by atoms with van der Waals surface area (Å²) in [6, 6.07) is 0. The number of nitrogens with zero attached hydrogens (tertiary/aromatic N) is 2. The Hall–Kier alpha value is -0.960. The third-order valence-corrected chi connectivity index (χ3v) is 2.45. The molecule has 0 aromatic carbocycles. The average Bonchev–Trinajstić information content (AvgIpc) is 3.00. The Morgan fingerprint density at radius 2 is 2.31 bits per heavy atom. The maximum absolute atomic E-state index is 5.63. The number of hydrogen-bond acceptors (Lipinski definition) is 3. The van der Waals surface area contributed by atoms with Crippen LogP contribution < -0.4 is 5.73 Å². The van der Waals surface area contributed by atoms with Gasteiger partial charge in [0.1, 0.15) is 5.82 Å². The van der Waals surface area contributed by atoms with Crippen LogP contribution in [-0.4, -0.2) is 9.97 Å². The summed E-state index contributed by atoms with van der Waals surface area (Å²) in [5, 5.41) is 0. The first kappa shape index (κ1) is 8.63. The SMILES string of the molecule is CCc1ncc(CN)c(C2CC2)n1. The van der Waals surface area contributed by atoms with E-state index in [-0.39, 0.29) is 0 Å². The predicted molar refractivity (Wildman–Crippen MR) is 51.3 cm³/mol. The monoisotopic (exact) mass is 177 g/mol. The van der Waals surface area contributed by atoms with E-state index in [4.69, 9.17) is 5.73 Å². The molecule has 3 heteroatoms. The highest BCUT2D eigenvalue weighted by Gasteiger charge is 2.27. The molecule has 0 aliphatic heterocycles. The van der Waals surface area contributed by atoms with E-state index in [1.807, 2.05) is 6.20 Å². The van der Waals surface area contributed by atoms with Crippen LogP contribution in [0.5, 0.6) is 0 Å². The summed E-state index contributed by atoms with van der Waals surface area (Å²) in [5.41, 5.74) is 7.96. The zero-order chi connectivity index (χ0) is 9.26. The van der Waals surface area contributed by atoms with Gasteiger partial charge in [0.25, 0.3) is 0 Å². The lowest BCUT2D eigenvalue weighted by Crippen LogP contribution is -2.06. The highest BCUT2D eigenvalue weighted by Crippen LogP contribution is 2.40. The third-order valence-electron chi connectivity index (χ3n) is 2.45. The molecular formula is C10H15N3. The van der Waals surface area contributed by atoms with E-state index in [2.05, 4.69) is 16.9 Å². The zero-order valence-electron chi connectivity index (χ0n) is 7.95. The second-order valence-electron chi connectivity index (χ2n) is 3.53. The first-order chi connectivity index (χ1) is 6.35. The molecule has 1 aliphatic rings. The normalized spacial score (nSPS) is 16.2. The van der Waals surface area contributed by atoms with Gasteiger partial charge in [0.05, 0.1) is 5.69 Å². The molecule has 2 N–H and O–H groups in total. The second kappa shape index (κ2) is 3.42. The number of hydrogen-bond donors (Lipinski definition) is 1. The number of aryl methyl sites for hydroxylation is 1. The van der Waals surface area contributed by atoms with Gasteiger partial charge in [-0.15, -0.1) is 0 Å². The second-order valence-corrected chi connectivity index (χ2v) is 3.53. The molecule has 0 spiro atoms. The molecule has 1 saturated carbocycles. The molecule has 1 aliphatic carbocycles. The Kier molecular flexibility index (Phi) is 2.27. The fourth-order valence-electron chi connectivity index (χ4n) is 1.50. The highest BCUT2D eigenvalue weighted by atomic mass is 14.9. The van der Waals surface area contributed by atoms with Crippen LogP contribution in [0.25, 0.3) is 0 Å². The van der Waals surface area contributed by atoms with Crippen molar-refractivity contribution in [3.8, 4) is 0 Å². The largest absolute Gasteiger partial charge is 0.326 e. The van der Waals surface area contributed by atoms with Gasteiger partial charge in [0.2, 0.25) is 0 Å². The van der Waals surface area contributed by atoms with Crippen LogP contribution in [0.4, 0.5) is 0 Å². The summed E-state index contributed by atoms with van der Waals surface area (Å²) in [6.45, 7) is 2.64. The fraction of sp³-hybridized carbons (Fsp3) is 0.600. The quantitative estimate of drug-likeness (QED) is 0.758. The van der Waals surface area contributed by atoms with Gasteiger partial charge >= 0.3 is 0 Å². The van der Waals surface area contributed by atoms with Crippen molar-refractivity contribution in [1.82, 2.24) is 9.97 Å². The minimum absolute atomic E-state index is 0.565. The molecule has 1 aromatic heterocycles. The van der Waals surface area contributed by atoms with Crippen molar-refractivity contribution in [2.24, 2.45) is 5.73 Å². The maximum Gasteiger partial charge on any atom is 0.128 e. The molecule has 1 fully saturated rings. The van der Waals surface area contributed by atoms with Gasteiger partial charge < -0.3 is 5.73 Å². The van der Waals surface area contributed by atoms with Gasteiger partial charge in [0, 0.05) is 30.6 Å². The van der Waals surface area contributed by atoms with Crippen LogP contribution >= 0.6 is 0 Å². The molecular weight excluding hydrogens is 162 g/mol. The van der Waals surface area contributed by atoms with Crippen molar-refractivity contribution in [3.05, 3.63) is 23.3 Å². The van der Waals surface area contributed by atoms with Crippen molar-refractivity contribution < 1.29 is 0 Å². The molecule has 13 heavy (non-hydrogen) atoms. The van der Waals surface area contributed by atoms with E-state index >= 15 is 0 Å². The third kappa shape index (κ3) is 1.70. The Morgan fingerprint density at radius 3 is 2.85 bits per heavy atom. The lowest BCUT2D eigenvalue weighted by molar-refractivity contribution is 0.841. The Morgan fingerprint density at radius 1 is 1.54 bits per heavy atom. The summed E-state index contributed by atoms with van der Waals surface area (Å²) in [6.07, 6.45) is 5.34. The zero-order valence-corrected chi connectivity index (χ0v) is 7.95. The molecule has 0 saturated heterocycles. The molecule has 0 unspecified atom stereocenters. The molecule has 3 nitrogen and oxygen atoms in total. The van der Waals surface area contributed by atoms with E-state index in [1.165, 1.54) is 18.5 Å². The maximum atomic E-state index is 5.63. The van der Waals surface area contributed by atoms with Crippen LogP contribution in [0.1, 0.15) is 42.8 Å². The average molecular weight is 177 g/mol. The standard InChI is InChI=1S/C10H15N3/c1-2-9-12-6-8(5-11)10(13-9)7-3-4-7/h6-7H,2-5,11H2,1H3. The fourth-order valence-corrected chi connectivity index (χ4v) is 1.50. The van der Waals surface area contributed by atoms with E-state index in [0.717, 1.165) is 17.8 Å². The van der Waals surface area contributed by atoms with Gasteiger partial charge in [0.15, 0.2) is 0 Å². The molecule has 70 valence electrons.